The number of hydrogen-bond acceptors (Lipinski definition) is 5. The highest BCUT2D eigenvalue weighted by molar-refractivity contribution is 8.21. The standard InChI is InChI=1S/C29H48O3S2.C2H6.2C2H2/c1-18-20-10-9-19-21(27(20,4)15-12-23(18)30)11-14-28(5)22(8-6-7-13-26(2,3)32)25(31)29(24(19)28)33-16-17-34-29;3*1-2/h11,18-20,22-25,30-32H,6-10,12-17H2,1-5H3;1-2H3;2*1-2H/t18-,19?,20?,22?,23+,24?,25+,27+,28-;;;/m1.../s1. The minimum absolute atomic E-state index is 0.0527. The molecule has 1 spiro atoms. The van der Waals surface area contributed by atoms with Gasteiger partial charge in [-0.25, -0.2) is 0 Å². The maximum atomic E-state index is 12.0. The second kappa shape index (κ2) is 14.3. The highest BCUT2D eigenvalue weighted by Gasteiger charge is 2.70. The lowest BCUT2D eigenvalue weighted by molar-refractivity contribution is -0.0530. The van der Waals surface area contributed by atoms with Crippen molar-refractivity contribution in [3.05, 3.63) is 11.6 Å². The summed E-state index contributed by atoms with van der Waals surface area (Å²) in [5.74, 6) is 4.75. The van der Waals surface area contributed by atoms with Crippen molar-refractivity contribution < 1.29 is 15.3 Å². The van der Waals surface area contributed by atoms with Gasteiger partial charge in [-0.1, -0.05) is 59.1 Å². The summed E-state index contributed by atoms with van der Waals surface area (Å²) >= 11 is 4.17. The van der Waals surface area contributed by atoms with E-state index in [-0.39, 0.29) is 27.1 Å². The Labute approximate surface area is 255 Å². The van der Waals surface area contributed by atoms with Crippen molar-refractivity contribution in [2.24, 2.45) is 40.4 Å². The molecular formula is C35H58O3S2. The van der Waals surface area contributed by atoms with Crippen LogP contribution in [0.3, 0.4) is 0 Å². The molecule has 3 nitrogen and oxygen atoms in total. The Morgan fingerprint density at radius 2 is 1.57 bits per heavy atom. The second-order valence-corrected chi connectivity index (χ2v) is 16.6. The molecule has 4 fully saturated rings. The third-order valence-corrected chi connectivity index (χ3v) is 14.8. The van der Waals surface area contributed by atoms with Crippen LogP contribution in [0, 0.1) is 66.1 Å². The Hall–Kier alpha value is -0.560. The van der Waals surface area contributed by atoms with Crippen molar-refractivity contribution in [2.45, 2.75) is 128 Å². The van der Waals surface area contributed by atoms with Gasteiger partial charge in [0.2, 0.25) is 0 Å². The van der Waals surface area contributed by atoms with E-state index in [9.17, 15) is 15.3 Å². The maximum absolute atomic E-state index is 12.0. The van der Waals surface area contributed by atoms with Gasteiger partial charge in [-0.15, -0.1) is 49.2 Å². The molecule has 0 bridgehead atoms. The topological polar surface area (TPSA) is 60.7 Å². The van der Waals surface area contributed by atoms with E-state index in [1.165, 1.54) is 12.8 Å². The van der Waals surface area contributed by atoms with Gasteiger partial charge < -0.3 is 15.3 Å². The fraction of sp³-hybridized carbons (Fsp3) is 0.829. The molecule has 5 heteroatoms. The lowest BCUT2D eigenvalue weighted by Gasteiger charge is -2.59. The Kier molecular flexibility index (Phi) is 12.7. The average molecular weight is 591 g/mol. The van der Waals surface area contributed by atoms with E-state index in [1.807, 2.05) is 27.7 Å². The molecule has 1 aliphatic heterocycles. The Morgan fingerprint density at radius 3 is 2.15 bits per heavy atom. The molecule has 9 atom stereocenters. The molecule has 40 heavy (non-hydrogen) atoms. The van der Waals surface area contributed by atoms with E-state index < -0.39 is 5.60 Å². The van der Waals surface area contributed by atoms with Gasteiger partial charge in [-0.3, -0.25) is 0 Å². The first kappa shape index (κ1) is 35.6. The molecule has 5 aliphatic rings. The van der Waals surface area contributed by atoms with Gasteiger partial charge in [0.15, 0.2) is 0 Å². The lowest BCUT2D eigenvalue weighted by Crippen LogP contribution is -2.53. The highest BCUT2D eigenvalue weighted by atomic mass is 32.2. The summed E-state index contributed by atoms with van der Waals surface area (Å²) in [4.78, 5) is 0. The van der Waals surface area contributed by atoms with Crippen molar-refractivity contribution in [3.63, 3.8) is 0 Å². The first-order chi connectivity index (χ1) is 18.9. The molecule has 5 rings (SSSR count). The number of unbranched alkanes of at least 4 members (excludes halogenated alkanes) is 1. The third-order valence-electron chi connectivity index (χ3n) is 11.1. The number of hydrogen-bond donors (Lipinski definition) is 3. The molecule has 0 aromatic rings. The van der Waals surface area contributed by atoms with Crippen LogP contribution >= 0.6 is 23.5 Å². The molecule has 4 aliphatic carbocycles. The van der Waals surface area contributed by atoms with Crippen molar-refractivity contribution in [1.82, 2.24) is 0 Å². The quantitative estimate of drug-likeness (QED) is 0.173. The van der Waals surface area contributed by atoms with Crippen LogP contribution in [0.1, 0.15) is 106 Å². The van der Waals surface area contributed by atoms with E-state index in [0.717, 1.165) is 56.5 Å². The Balaban J connectivity index is 0.000000876. The van der Waals surface area contributed by atoms with Crippen molar-refractivity contribution >= 4 is 23.5 Å². The molecule has 0 aromatic heterocycles. The van der Waals surface area contributed by atoms with Gasteiger partial charge in [-0.05, 0) is 99.2 Å². The molecule has 0 amide bonds. The SMILES string of the molecule is C#C.C#C.CC.C[C@@H]1C2CCC3C(=CC[C@]4(C)C(CCCCC(C)(C)O)[C@H](O)C5(SCCS5)C34)[C@@]2(C)CC[C@@H]1O. The minimum atomic E-state index is -0.597. The second-order valence-electron chi connectivity index (χ2n) is 13.5. The van der Waals surface area contributed by atoms with Crippen LogP contribution < -0.4 is 0 Å². The number of aliphatic hydroxyl groups is 3. The number of terminal acetylenes is 2. The van der Waals surface area contributed by atoms with Crippen LogP contribution in [0.5, 0.6) is 0 Å². The summed E-state index contributed by atoms with van der Waals surface area (Å²) < 4.78 is -0.0527. The normalized spacial score (nSPS) is 40.9. The molecule has 4 unspecified atom stereocenters. The van der Waals surface area contributed by atoms with E-state index in [1.54, 1.807) is 5.57 Å². The monoisotopic (exact) mass is 590 g/mol. The minimum Gasteiger partial charge on any atom is -0.393 e. The van der Waals surface area contributed by atoms with Crippen molar-refractivity contribution in [2.75, 3.05) is 11.5 Å². The number of rotatable bonds is 5. The number of allylic oxidation sites excluding steroid dienone is 2. The molecule has 1 heterocycles. The summed E-state index contributed by atoms with van der Waals surface area (Å²) in [7, 11) is 0. The van der Waals surface area contributed by atoms with E-state index in [0.29, 0.717) is 29.6 Å². The van der Waals surface area contributed by atoms with Gasteiger partial charge in [0.25, 0.3) is 0 Å². The fourth-order valence-electron chi connectivity index (χ4n) is 9.42. The molecule has 3 N–H and O–H groups in total. The van der Waals surface area contributed by atoms with E-state index in [4.69, 9.17) is 0 Å². The van der Waals surface area contributed by atoms with Crippen LogP contribution in [0.15, 0.2) is 11.6 Å². The van der Waals surface area contributed by atoms with Crippen molar-refractivity contribution in [3.8, 4) is 25.7 Å². The summed E-state index contributed by atoms with van der Waals surface area (Å²) in [6.07, 6.45) is 27.9. The summed E-state index contributed by atoms with van der Waals surface area (Å²) in [5.41, 5.74) is 1.47. The zero-order valence-electron chi connectivity index (χ0n) is 26.4. The summed E-state index contributed by atoms with van der Waals surface area (Å²) in [5, 5.41) is 32.8. The van der Waals surface area contributed by atoms with E-state index >= 15 is 0 Å². The van der Waals surface area contributed by atoms with Crippen LogP contribution in [-0.2, 0) is 0 Å². The summed E-state index contributed by atoms with van der Waals surface area (Å²) in [6.45, 7) is 15.1. The van der Waals surface area contributed by atoms with Gasteiger partial charge in [0, 0.05) is 11.5 Å². The Morgan fingerprint density at radius 1 is 0.975 bits per heavy atom. The first-order valence-corrected chi connectivity index (χ1v) is 17.6. The van der Waals surface area contributed by atoms with Crippen LogP contribution in [0.4, 0.5) is 0 Å². The largest absolute Gasteiger partial charge is 0.393 e. The van der Waals surface area contributed by atoms with Gasteiger partial charge >= 0.3 is 0 Å². The van der Waals surface area contributed by atoms with Crippen molar-refractivity contribution in [1.29, 1.82) is 0 Å². The van der Waals surface area contributed by atoms with Gasteiger partial charge in [0.1, 0.15) is 0 Å². The molecule has 228 valence electrons. The molecule has 1 saturated heterocycles. The maximum Gasteiger partial charge on any atom is 0.0911 e. The van der Waals surface area contributed by atoms with Crippen LogP contribution in [0.2, 0.25) is 0 Å². The van der Waals surface area contributed by atoms with Crippen LogP contribution in [-0.4, -0.2) is 48.7 Å². The highest BCUT2D eigenvalue weighted by Crippen LogP contribution is 2.74. The number of thioether (sulfide) groups is 2. The zero-order valence-corrected chi connectivity index (χ0v) is 28.0. The molecular weight excluding hydrogens is 533 g/mol. The lowest BCUT2D eigenvalue weighted by atomic mass is 9.47. The average Bonchev–Trinajstić information content (AvgIpc) is 3.50. The van der Waals surface area contributed by atoms with E-state index in [2.05, 4.69) is 76.1 Å². The zero-order chi connectivity index (χ0) is 30.5. The fourth-order valence-corrected chi connectivity index (χ4v) is 13.5. The van der Waals surface area contributed by atoms with Gasteiger partial charge in [-0.2, -0.15) is 0 Å². The van der Waals surface area contributed by atoms with Crippen LogP contribution in [0.25, 0.3) is 0 Å². The molecule has 0 radical (unpaired) electrons. The molecule has 0 aromatic carbocycles. The smallest absolute Gasteiger partial charge is 0.0911 e. The third kappa shape index (κ3) is 6.21. The molecule has 3 saturated carbocycles. The number of aliphatic hydroxyl groups excluding tert-OH is 2. The number of fused-ring (bicyclic) bond motifs is 6. The van der Waals surface area contributed by atoms with Gasteiger partial charge in [0.05, 0.1) is 21.9 Å². The first-order valence-electron chi connectivity index (χ1n) is 15.7. The predicted octanol–water partition coefficient (Wildman–Crippen LogP) is 7.79. The summed E-state index contributed by atoms with van der Waals surface area (Å²) in [6, 6.07) is 0. The predicted molar refractivity (Wildman–Crippen MR) is 176 cm³/mol. The Bertz CT molecular complexity index is 876.